The zero-order chi connectivity index (χ0) is 13.6. The summed E-state index contributed by atoms with van der Waals surface area (Å²) in [6, 6.07) is 0.826. The summed E-state index contributed by atoms with van der Waals surface area (Å²) < 4.78 is 0. The molecule has 0 aromatic carbocycles. The van der Waals surface area contributed by atoms with Gasteiger partial charge in [0.15, 0.2) is 0 Å². The van der Waals surface area contributed by atoms with Crippen molar-refractivity contribution in [2.45, 2.75) is 65.8 Å². The lowest BCUT2D eigenvalue weighted by Gasteiger charge is -2.39. The Hall–Kier alpha value is -0.0800. The Morgan fingerprint density at radius 2 is 1.89 bits per heavy atom. The van der Waals surface area contributed by atoms with E-state index in [4.69, 9.17) is 0 Å². The van der Waals surface area contributed by atoms with Crippen LogP contribution in [0.25, 0.3) is 0 Å². The normalized spacial score (nSPS) is 22.3. The van der Waals surface area contributed by atoms with E-state index in [2.05, 4.69) is 45.0 Å². The van der Waals surface area contributed by atoms with Crippen LogP contribution >= 0.6 is 0 Å². The van der Waals surface area contributed by atoms with E-state index in [-0.39, 0.29) is 0 Å². The van der Waals surface area contributed by atoms with Crippen molar-refractivity contribution in [3.05, 3.63) is 0 Å². The average molecular weight is 254 g/mol. The highest BCUT2D eigenvalue weighted by Crippen LogP contribution is 2.36. The lowest BCUT2D eigenvalue weighted by Crippen LogP contribution is -2.41. The minimum atomic E-state index is 0.589. The van der Waals surface area contributed by atoms with Crippen molar-refractivity contribution in [1.82, 2.24) is 10.2 Å². The van der Waals surface area contributed by atoms with Crippen molar-refractivity contribution in [2.75, 3.05) is 26.7 Å². The maximum Gasteiger partial charge on any atom is 0.00927 e. The van der Waals surface area contributed by atoms with Gasteiger partial charge < -0.3 is 10.2 Å². The van der Waals surface area contributed by atoms with Crippen LogP contribution in [0.2, 0.25) is 0 Å². The largest absolute Gasteiger partial charge is 0.316 e. The predicted molar refractivity (Wildman–Crippen MR) is 81.0 cm³/mol. The van der Waals surface area contributed by atoms with Gasteiger partial charge in [-0.15, -0.1) is 0 Å². The van der Waals surface area contributed by atoms with Crippen LogP contribution in [0.4, 0.5) is 0 Å². The molecule has 1 aliphatic rings. The molecule has 0 bridgehead atoms. The van der Waals surface area contributed by atoms with Gasteiger partial charge in [-0.25, -0.2) is 0 Å². The molecule has 0 saturated heterocycles. The van der Waals surface area contributed by atoms with Crippen LogP contribution in [-0.4, -0.2) is 37.6 Å². The zero-order valence-corrected chi connectivity index (χ0v) is 13.3. The van der Waals surface area contributed by atoms with E-state index in [9.17, 15) is 0 Å². The van der Waals surface area contributed by atoms with Gasteiger partial charge in [0.25, 0.3) is 0 Å². The van der Waals surface area contributed by atoms with Gasteiger partial charge in [-0.1, -0.05) is 27.7 Å². The van der Waals surface area contributed by atoms with Gasteiger partial charge in [0, 0.05) is 12.6 Å². The summed E-state index contributed by atoms with van der Waals surface area (Å²) in [5.41, 5.74) is 0.589. The first-order valence-corrected chi connectivity index (χ1v) is 7.85. The number of rotatable bonds is 7. The average Bonchev–Trinajstić information content (AvgIpc) is 2.29. The molecular formula is C16H34N2. The van der Waals surface area contributed by atoms with E-state index in [1.54, 1.807) is 0 Å². The number of hydrogen-bond acceptors (Lipinski definition) is 2. The van der Waals surface area contributed by atoms with Crippen LogP contribution in [0, 0.1) is 11.3 Å². The highest BCUT2D eigenvalue weighted by molar-refractivity contribution is 4.83. The van der Waals surface area contributed by atoms with Crippen LogP contribution < -0.4 is 5.32 Å². The first-order chi connectivity index (χ1) is 8.44. The molecule has 2 heteroatoms. The summed E-state index contributed by atoms with van der Waals surface area (Å²) in [4.78, 5) is 2.60. The summed E-state index contributed by atoms with van der Waals surface area (Å²) >= 11 is 0. The molecule has 0 aliphatic heterocycles. The summed E-state index contributed by atoms with van der Waals surface area (Å²) in [6.45, 7) is 13.0. The van der Waals surface area contributed by atoms with E-state index < -0.39 is 0 Å². The molecule has 1 N–H and O–H groups in total. The quantitative estimate of drug-likeness (QED) is 0.699. The molecule has 0 amide bonds. The zero-order valence-electron chi connectivity index (χ0n) is 13.3. The topological polar surface area (TPSA) is 15.3 Å². The molecule has 0 heterocycles. The molecule has 0 spiro atoms. The monoisotopic (exact) mass is 254 g/mol. The summed E-state index contributed by atoms with van der Waals surface area (Å²) in [5.74, 6) is 0.761. The Bertz CT molecular complexity index is 215. The standard InChI is InChI=1S/C16H34N2/c1-6-11-17-12-14(2)13-18(5)15-7-9-16(3,4)10-8-15/h14-15,17H,6-13H2,1-5H3. The van der Waals surface area contributed by atoms with Crippen molar-refractivity contribution in [3.8, 4) is 0 Å². The Balaban J connectivity index is 2.22. The Labute approximate surface area is 115 Å². The minimum Gasteiger partial charge on any atom is -0.316 e. The van der Waals surface area contributed by atoms with Crippen molar-refractivity contribution >= 4 is 0 Å². The van der Waals surface area contributed by atoms with Crippen LogP contribution in [0.3, 0.4) is 0 Å². The second kappa shape index (κ2) is 7.49. The summed E-state index contributed by atoms with van der Waals surface area (Å²) in [6.07, 6.45) is 6.80. The first kappa shape index (κ1) is 16.0. The molecule has 0 aromatic rings. The second-order valence-electron chi connectivity index (χ2n) is 7.14. The number of hydrogen-bond donors (Lipinski definition) is 1. The third-order valence-corrected chi connectivity index (χ3v) is 4.45. The highest BCUT2D eigenvalue weighted by atomic mass is 15.1. The van der Waals surface area contributed by atoms with E-state index in [1.807, 2.05) is 0 Å². The van der Waals surface area contributed by atoms with E-state index in [1.165, 1.54) is 38.6 Å². The Morgan fingerprint density at radius 1 is 1.28 bits per heavy atom. The van der Waals surface area contributed by atoms with E-state index in [0.717, 1.165) is 25.0 Å². The Morgan fingerprint density at radius 3 is 2.44 bits per heavy atom. The van der Waals surface area contributed by atoms with Crippen molar-refractivity contribution in [1.29, 1.82) is 0 Å². The fraction of sp³-hybridized carbons (Fsp3) is 1.00. The third-order valence-electron chi connectivity index (χ3n) is 4.45. The molecule has 1 fully saturated rings. The molecule has 1 atom stereocenters. The second-order valence-corrected chi connectivity index (χ2v) is 7.14. The lowest BCUT2D eigenvalue weighted by atomic mass is 9.75. The van der Waals surface area contributed by atoms with Gasteiger partial charge in [0.05, 0.1) is 0 Å². The van der Waals surface area contributed by atoms with Crippen molar-refractivity contribution < 1.29 is 0 Å². The maximum atomic E-state index is 3.53. The van der Waals surface area contributed by atoms with Crippen molar-refractivity contribution in [3.63, 3.8) is 0 Å². The fourth-order valence-electron chi connectivity index (χ4n) is 3.06. The van der Waals surface area contributed by atoms with Crippen LogP contribution in [0.5, 0.6) is 0 Å². The van der Waals surface area contributed by atoms with Crippen LogP contribution in [-0.2, 0) is 0 Å². The molecule has 108 valence electrons. The van der Waals surface area contributed by atoms with Crippen molar-refractivity contribution in [2.24, 2.45) is 11.3 Å². The van der Waals surface area contributed by atoms with Gasteiger partial charge >= 0.3 is 0 Å². The summed E-state index contributed by atoms with van der Waals surface area (Å²) in [5, 5.41) is 3.53. The molecule has 18 heavy (non-hydrogen) atoms. The molecule has 1 aliphatic carbocycles. The fourth-order valence-corrected chi connectivity index (χ4v) is 3.06. The van der Waals surface area contributed by atoms with Gasteiger partial charge in [-0.05, 0) is 63.6 Å². The maximum absolute atomic E-state index is 3.53. The SMILES string of the molecule is CCCNCC(C)CN(C)C1CCC(C)(C)CC1. The molecule has 1 rings (SSSR count). The number of nitrogens with zero attached hydrogens (tertiary/aromatic N) is 1. The summed E-state index contributed by atoms with van der Waals surface area (Å²) in [7, 11) is 2.32. The smallest absolute Gasteiger partial charge is 0.00927 e. The highest BCUT2D eigenvalue weighted by Gasteiger charge is 2.28. The van der Waals surface area contributed by atoms with Crippen LogP contribution in [0.1, 0.15) is 59.8 Å². The molecular weight excluding hydrogens is 220 g/mol. The molecule has 1 saturated carbocycles. The van der Waals surface area contributed by atoms with Gasteiger partial charge in [-0.3, -0.25) is 0 Å². The Kier molecular flexibility index (Phi) is 6.65. The predicted octanol–water partition coefficient (Wildman–Crippen LogP) is 3.52. The van der Waals surface area contributed by atoms with Gasteiger partial charge in [-0.2, -0.15) is 0 Å². The first-order valence-electron chi connectivity index (χ1n) is 7.85. The van der Waals surface area contributed by atoms with E-state index >= 15 is 0 Å². The van der Waals surface area contributed by atoms with Gasteiger partial charge in [0.2, 0.25) is 0 Å². The van der Waals surface area contributed by atoms with Gasteiger partial charge in [0.1, 0.15) is 0 Å². The molecule has 0 aromatic heterocycles. The molecule has 1 unspecified atom stereocenters. The van der Waals surface area contributed by atoms with Crippen LogP contribution in [0.15, 0.2) is 0 Å². The number of nitrogens with one attached hydrogen (secondary N) is 1. The third kappa shape index (κ3) is 5.71. The molecule has 0 radical (unpaired) electrons. The lowest BCUT2D eigenvalue weighted by molar-refractivity contribution is 0.116. The minimum absolute atomic E-state index is 0.589. The van der Waals surface area contributed by atoms with E-state index in [0.29, 0.717) is 5.41 Å². The molecule has 2 nitrogen and oxygen atoms in total.